The zero-order valence-corrected chi connectivity index (χ0v) is 13.1. The number of nitrogens with zero attached hydrogens (tertiary/aromatic N) is 1. The number of alkyl halides is 4. The van der Waals surface area contributed by atoms with Gasteiger partial charge in [-0.15, -0.1) is 24.8 Å². The van der Waals surface area contributed by atoms with E-state index in [0.29, 0.717) is 32.2 Å². The van der Waals surface area contributed by atoms with E-state index in [-0.39, 0.29) is 30.4 Å². The molecule has 128 valence electrons. The summed E-state index contributed by atoms with van der Waals surface area (Å²) in [5.41, 5.74) is -1.19. The molecule has 0 amide bonds. The normalized spacial score (nSPS) is 17.3. The van der Waals surface area contributed by atoms with Crippen LogP contribution >= 0.6 is 24.8 Å². The molecular formula is C13H17Cl2F5N2. The Labute approximate surface area is 137 Å². The van der Waals surface area contributed by atoms with Crippen molar-refractivity contribution in [3.63, 3.8) is 0 Å². The van der Waals surface area contributed by atoms with Crippen LogP contribution in [-0.4, -0.2) is 37.8 Å². The zero-order chi connectivity index (χ0) is 14.8. The lowest BCUT2D eigenvalue weighted by molar-refractivity contribution is -0.140. The molecule has 0 spiro atoms. The number of rotatable bonds is 3. The van der Waals surface area contributed by atoms with Crippen LogP contribution in [0, 0.1) is 5.82 Å². The second-order valence-corrected chi connectivity index (χ2v) is 4.69. The molecule has 0 aliphatic carbocycles. The third kappa shape index (κ3) is 4.94. The molecule has 1 fully saturated rings. The molecular weight excluding hydrogens is 350 g/mol. The molecule has 1 saturated heterocycles. The summed E-state index contributed by atoms with van der Waals surface area (Å²) in [6.07, 6.45) is -4.77. The Morgan fingerprint density at radius 1 is 1.14 bits per heavy atom. The molecule has 1 N–H and O–H groups in total. The molecule has 9 heteroatoms. The minimum Gasteiger partial charge on any atom is -0.314 e. The van der Waals surface area contributed by atoms with Crippen molar-refractivity contribution in [1.29, 1.82) is 0 Å². The number of benzene rings is 1. The monoisotopic (exact) mass is 366 g/mol. The third-order valence-electron chi connectivity index (χ3n) is 3.42. The molecule has 2 nitrogen and oxygen atoms in total. The summed E-state index contributed by atoms with van der Waals surface area (Å²) in [5, 5.41) is 3.09. The maximum absolute atomic E-state index is 13.2. The number of nitrogens with one attached hydrogen (secondary N) is 1. The Hall–Kier alpha value is -0.630. The Morgan fingerprint density at radius 2 is 1.73 bits per heavy atom. The van der Waals surface area contributed by atoms with Gasteiger partial charge in [0.1, 0.15) is 12.5 Å². The first-order valence-electron chi connectivity index (χ1n) is 6.31. The quantitative estimate of drug-likeness (QED) is 0.822. The third-order valence-corrected chi connectivity index (χ3v) is 3.42. The van der Waals surface area contributed by atoms with Gasteiger partial charge < -0.3 is 5.32 Å². The molecule has 22 heavy (non-hydrogen) atoms. The summed E-state index contributed by atoms with van der Waals surface area (Å²) in [7, 11) is 0. The van der Waals surface area contributed by atoms with E-state index in [2.05, 4.69) is 5.32 Å². The van der Waals surface area contributed by atoms with Crippen molar-refractivity contribution >= 4 is 24.8 Å². The fourth-order valence-corrected chi connectivity index (χ4v) is 2.36. The second kappa shape index (κ2) is 8.86. The largest absolute Gasteiger partial charge is 0.419 e. The maximum atomic E-state index is 13.2. The van der Waals surface area contributed by atoms with Crippen molar-refractivity contribution < 1.29 is 22.0 Å². The molecule has 1 atom stereocenters. The molecule has 0 radical (unpaired) electrons. The van der Waals surface area contributed by atoms with Crippen LogP contribution in [0.1, 0.15) is 17.2 Å². The maximum Gasteiger partial charge on any atom is 0.419 e. The van der Waals surface area contributed by atoms with Crippen molar-refractivity contribution in [2.45, 2.75) is 12.2 Å². The van der Waals surface area contributed by atoms with Gasteiger partial charge in [0.15, 0.2) is 0 Å². The summed E-state index contributed by atoms with van der Waals surface area (Å²) < 4.78 is 64.5. The van der Waals surface area contributed by atoms with Crippen molar-refractivity contribution in [3.8, 4) is 0 Å². The first kappa shape index (κ1) is 21.4. The zero-order valence-electron chi connectivity index (χ0n) is 11.5. The standard InChI is InChI=1S/C13H15F5N2.2ClH/c14-8-12(20-5-3-19-4-6-20)9-1-2-11(15)10(7-9)13(16,17)18;;/h1-2,7,12,19H,3-6,8H2;2*1H/t12-;;/m1../s1. The van der Waals surface area contributed by atoms with E-state index >= 15 is 0 Å². The summed E-state index contributed by atoms with van der Waals surface area (Å²) in [4.78, 5) is 1.77. The highest BCUT2D eigenvalue weighted by atomic mass is 35.5. The van der Waals surface area contributed by atoms with Gasteiger partial charge in [0, 0.05) is 26.2 Å². The van der Waals surface area contributed by atoms with Crippen LogP contribution in [0.25, 0.3) is 0 Å². The van der Waals surface area contributed by atoms with E-state index in [4.69, 9.17) is 0 Å². The molecule has 1 aliphatic rings. The second-order valence-electron chi connectivity index (χ2n) is 4.69. The van der Waals surface area contributed by atoms with Crippen molar-refractivity contribution in [1.82, 2.24) is 10.2 Å². The lowest BCUT2D eigenvalue weighted by atomic mass is 10.0. The lowest BCUT2D eigenvalue weighted by Gasteiger charge is -2.33. The Kier molecular flexibility index (Phi) is 8.61. The van der Waals surface area contributed by atoms with Crippen LogP contribution in [0.4, 0.5) is 22.0 Å². The number of piperazine rings is 1. The van der Waals surface area contributed by atoms with Gasteiger partial charge in [-0.05, 0) is 17.7 Å². The van der Waals surface area contributed by atoms with Crippen molar-refractivity contribution in [3.05, 3.63) is 35.1 Å². The van der Waals surface area contributed by atoms with Crippen LogP contribution in [0.5, 0.6) is 0 Å². The minimum atomic E-state index is -4.77. The molecule has 0 unspecified atom stereocenters. The highest BCUT2D eigenvalue weighted by Gasteiger charge is 2.35. The van der Waals surface area contributed by atoms with Gasteiger partial charge in [-0.3, -0.25) is 4.90 Å². The number of hydrogen-bond donors (Lipinski definition) is 1. The van der Waals surface area contributed by atoms with Crippen molar-refractivity contribution in [2.75, 3.05) is 32.9 Å². The Morgan fingerprint density at radius 3 is 2.23 bits per heavy atom. The fraction of sp³-hybridized carbons (Fsp3) is 0.538. The fourth-order valence-electron chi connectivity index (χ4n) is 2.36. The molecule has 1 aromatic rings. The highest BCUT2D eigenvalue weighted by Crippen LogP contribution is 2.34. The smallest absolute Gasteiger partial charge is 0.314 e. The van der Waals surface area contributed by atoms with Crippen LogP contribution in [0.3, 0.4) is 0 Å². The predicted octanol–water partition coefficient (Wildman–Crippen LogP) is 3.60. The van der Waals surface area contributed by atoms with Gasteiger partial charge in [-0.2, -0.15) is 13.2 Å². The average Bonchev–Trinajstić information content (AvgIpc) is 2.41. The minimum absolute atomic E-state index is 0. The SMILES string of the molecule is Cl.Cl.FC[C@H](c1ccc(F)c(C(F)(F)F)c1)N1CCNCC1. The van der Waals surface area contributed by atoms with E-state index in [1.807, 2.05) is 0 Å². The van der Waals surface area contributed by atoms with Gasteiger partial charge in [0.05, 0.1) is 11.6 Å². The highest BCUT2D eigenvalue weighted by molar-refractivity contribution is 5.85. The lowest BCUT2D eigenvalue weighted by Crippen LogP contribution is -2.45. The van der Waals surface area contributed by atoms with E-state index < -0.39 is 30.3 Å². The van der Waals surface area contributed by atoms with Crippen LogP contribution in [0.2, 0.25) is 0 Å². The van der Waals surface area contributed by atoms with Gasteiger partial charge in [0.25, 0.3) is 0 Å². The molecule has 0 bridgehead atoms. The molecule has 1 aliphatic heterocycles. The first-order chi connectivity index (χ1) is 9.43. The molecule has 2 rings (SSSR count). The van der Waals surface area contributed by atoms with E-state index in [1.54, 1.807) is 4.90 Å². The first-order valence-corrected chi connectivity index (χ1v) is 6.31. The van der Waals surface area contributed by atoms with E-state index in [9.17, 15) is 22.0 Å². The van der Waals surface area contributed by atoms with E-state index in [0.717, 1.165) is 6.07 Å². The topological polar surface area (TPSA) is 15.3 Å². The number of halogens is 7. The molecule has 1 heterocycles. The van der Waals surface area contributed by atoms with E-state index in [1.165, 1.54) is 6.07 Å². The predicted molar refractivity (Wildman–Crippen MR) is 79.1 cm³/mol. The van der Waals surface area contributed by atoms with Crippen LogP contribution < -0.4 is 5.32 Å². The van der Waals surface area contributed by atoms with Gasteiger partial charge in [0.2, 0.25) is 0 Å². The average molecular weight is 367 g/mol. The van der Waals surface area contributed by atoms with Gasteiger partial charge in [-0.1, -0.05) is 6.07 Å². The Balaban J connectivity index is 0.00000220. The molecule has 0 saturated carbocycles. The molecule has 1 aromatic carbocycles. The summed E-state index contributed by atoms with van der Waals surface area (Å²) in [5.74, 6) is -1.33. The summed E-state index contributed by atoms with van der Waals surface area (Å²) >= 11 is 0. The molecule has 0 aromatic heterocycles. The van der Waals surface area contributed by atoms with Crippen LogP contribution in [-0.2, 0) is 6.18 Å². The van der Waals surface area contributed by atoms with Gasteiger partial charge in [-0.25, -0.2) is 8.78 Å². The van der Waals surface area contributed by atoms with Crippen LogP contribution in [0.15, 0.2) is 18.2 Å². The summed E-state index contributed by atoms with van der Waals surface area (Å²) in [6, 6.07) is 1.92. The van der Waals surface area contributed by atoms with Gasteiger partial charge >= 0.3 is 6.18 Å². The summed E-state index contributed by atoms with van der Waals surface area (Å²) in [6.45, 7) is 1.61. The number of hydrogen-bond acceptors (Lipinski definition) is 2. The van der Waals surface area contributed by atoms with Crippen molar-refractivity contribution in [2.24, 2.45) is 0 Å². The Bertz CT molecular complexity index is 464.